The number of Topliss-reactive ketones (excluding diaryl/α,β-unsaturated/α-hetero) is 1. The van der Waals surface area contributed by atoms with Gasteiger partial charge in [-0.25, -0.2) is 4.98 Å². The van der Waals surface area contributed by atoms with Crippen molar-refractivity contribution in [1.82, 2.24) is 4.98 Å². The number of nitrogens with two attached hydrogens (primary N) is 1. The second-order valence-corrected chi connectivity index (χ2v) is 3.45. The standard InChI is InChI=1S/C10H15N3O/c1-7(11)10(14)8-4-5-9(12-6-8)13(2)3/h4-7H,11H2,1-3H3. The van der Waals surface area contributed by atoms with Crippen molar-refractivity contribution in [2.45, 2.75) is 13.0 Å². The molecule has 0 fully saturated rings. The third kappa shape index (κ3) is 2.29. The zero-order chi connectivity index (χ0) is 10.7. The number of ketones is 1. The maximum absolute atomic E-state index is 11.4. The van der Waals surface area contributed by atoms with Crippen LogP contribution in [0.4, 0.5) is 5.82 Å². The molecule has 1 heterocycles. The van der Waals surface area contributed by atoms with Crippen LogP contribution in [0.25, 0.3) is 0 Å². The monoisotopic (exact) mass is 193 g/mol. The maximum Gasteiger partial charge on any atom is 0.180 e. The molecule has 0 aliphatic heterocycles. The fraction of sp³-hybridized carbons (Fsp3) is 0.400. The maximum atomic E-state index is 11.4. The lowest BCUT2D eigenvalue weighted by atomic mass is 10.1. The summed E-state index contributed by atoms with van der Waals surface area (Å²) in [7, 11) is 3.80. The van der Waals surface area contributed by atoms with Crippen LogP contribution in [-0.2, 0) is 0 Å². The molecule has 1 atom stereocenters. The Morgan fingerprint density at radius 2 is 2.14 bits per heavy atom. The molecule has 0 saturated carbocycles. The number of carbonyl (C=O) groups is 1. The molecule has 1 rings (SSSR count). The first kappa shape index (κ1) is 10.7. The Morgan fingerprint density at radius 3 is 2.50 bits per heavy atom. The summed E-state index contributed by atoms with van der Waals surface area (Å²) >= 11 is 0. The first-order chi connectivity index (χ1) is 6.52. The van der Waals surface area contributed by atoms with Gasteiger partial charge < -0.3 is 10.6 Å². The van der Waals surface area contributed by atoms with Crippen LogP contribution in [0.1, 0.15) is 17.3 Å². The minimum atomic E-state index is -0.470. The fourth-order valence-electron chi connectivity index (χ4n) is 1.06. The lowest BCUT2D eigenvalue weighted by Gasteiger charge is -2.11. The van der Waals surface area contributed by atoms with E-state index in [1.54, 1.807) is 25.3 Å². The predicted octanol–water partition coefficient (Wildman–Crippen LogP) is 0.677. The molecule has 0 spiro atoms. The quantitative estimate of drug-likeness (QED) is 0.717. The van der Waals surface area contributed by atoms with Gasteiger partial charge in [-0.1, -0.05) is 0 Å². The van der Waals surface area contributed by atoms with Gasteiger partial charge in [0.15, 0.2) is 5.78 Å². The number of pyridine rings is 1. The lowest BCUT2D eigenvalue weighted by molar-refractivity contribution is 0.0967. The van der Waals surface area contributed by atoms with Crippen LogP contribution >= 0.6 is 0 Å². The number of anilines is 1. The Balaban J connectivity index is 2.89. The van der Waals surface area contributed by atoms with Gasteiger partial charge in [-0.3, -0.25) is 4.79 Å². The van der Waals surface area contributed by atoms with Gasteiger partial charge in [-0.05, 0) is 19.1 Å². The predicted molar refractivity (Wildman–Crippen MR) is 56.5 cm³/mol. The molecule has 0 aliphatic rings. The Labute approximate surface area is 83.7 Å². The first-order valence-corrected chi connectivity index (χ1v) is 4.45. The van der Waals surface area contributed by atoms with Crippen LogP contribution in [0.5, 0.6) is 0 Å². The highest BCUT2D eigenvalue weighted by Crippen LogP contribution is 2.08. The van der Waals surface area contributed by atoms with Crippen LogP contribution in [0, 0.1) is 0 Å². The average Bonchev–Trinajstić information content (AvgIpc) is 2.16. The summed E-state index contributed by atoms with van der Waals surface area (Å²) in [5.41, 5.74) is 6.04. The summed E-state index contributed by atoms with van der Waals surface area (Å²) in [6.45, 7) is 1.67. The minimum Gasteiger partial charge on any atom is -0.363 e. The van der Waals surface area contributed by atoms with E-state index in [1.165, 1.54) is 0 Å². The molecular weight excluding hydrogens is 178 g/mol. The smallest absolute Gasteiger partial charge is 0.180 e. The summed E-state index contributed by atoms with van der Waals surface area (Å²) in [6.07, 6.45) is 1.56. The molecule has 4 nitrogen and oxygen atoms in total. The van der Waals surface area contributed by atoms with E-state index < -0.39 is 6.04 Å². The Kier molecular flexibility index (Phi) is 3.19. The average molecular weight is 193 g/mol. The molecule has 0 radical (unpaired) electrons. The number of aromatic nitrogens is 1. The summed E-state index contributed by atoms with van der Waals surface area (Å²) in [6, 6.07) is 3.07. The number of rotatable bonds is 3. The summed E-state index contributed by atoms with van der Waals surface area (Å²) in [5.74, 6) is 0.744. The van der Waals surface area contributed by atoms with Crippen molar-refractivity contribution in [3.63, 3.8) is 0 Å². The highest BCUT2D eigenvalue weighted by atomic mass is 16.1. The molecule has 76 valence electrons. The largest absolute Gasteiger partial charge is 0.363 e. The SMILES string of the molecule is CC(N)C(=O)c1ccc(N(C)C)nc1. The second-order valence-electron chi connectivity index (χ2n) is 3.45. The molecule has 1 aromatic heterocycles. The Hall–Kier alpha value is -1.42. The van der Waals surface area contributed by atoms with Crippen LogP contribution in [0.3, 0.4) is 0 Å². The van der Waals surface area contributed by atoms with Gasteiger partial charge in [0.2, 0.25) is 0 Å². The van der Waals surface area contributed by atoms with E-state index in [0.29, 0.717) is 5.56 Å². The Bertz CT molecular complexity index is 317. The molecule has 0 saturated heterocycles. The van der Waals surface area contributed by atoms with Crippen molar-refractivity contribution < 1.29 is 4.79 Å². The third-order valence-electron chi connectivity index (χ3n) is 1.90. The molecule has 0 bridgehead atoms. The van der Waals surface area contributed by atoms with Gasteiger partial charge in [0.25, 0.3) is 0 Å². The molecule has 1 unspecified atom stereocenters. The van der Waals surface area contributed by atoms with E-state index >= 15 is 0 Å². The van der Waals surface area contributed by atoms with Crippen molar-refractivity contribution in [2.75, 3.05) is 19.0 Å². The van der Waals surface area contributed by atoms with Crippen LogP contribution in [-0.4, -0.2) is 30.9 Å². The van der Waals surface area contributed by atoms with Crippen molar-refractivity contribution >= 4 is 11.6 Å². The van der Waals surface area contributed by atoms with Crippen LogP contribution in [0.15, 0.2) is 18.3 Å². The van der Waals surface area contributed by atoms with Crippen molar-refractivity contribution in [3.05, 3.63) is 23.9 Å². The van der Waals surface area contributed by atoms with Crippen molar-refractivity contribution in [3.8, 4) is 0 Å². The number of hydrogen-bond acceptors (Lipinski definition) is 4. The Morgan fingerprint density at radius 1 is 1.50 bits per heavy atom. The van der Waals surface area contributed by atoms with E-state index in [4.69, 9.17) is 5.73 Å². The van der Waals surface area contributed by atoms with Gasteiger partial charge in [-0.2, -0.15) is 0 Å². The normalized spacial score (nSPS) is 12.3. The highest BCUT2D eigenvalue weighted by Gasteiger charge is 2.10. The van der Waals surface area contributed by atoms with Gasteiger partial charge in [-0.15, -0.1) is 0 Å². The summed E-state index contributed by atoms with van der Waals surface area (Å²) in [5, 5.41) is 0. The minimum absolute atomic E-state index is 0.0807. The molecule has 4 heteroatoms. The van der Waals surface area contributed by atoms with E-state index in [2.05, 4.69) is 4.98 Å². The fourth-order valence-corrected chi connectivity index (χ4v) is 1.06. The number of hydrogen-bond donors (Lipinski definition) is 1. The van der Waals surface area contributed by atoms with E-state index in [-0.39, 0.29) is 5.78 Å². The van der Waals surface area contributed by atoms with Gasteiger partial charge in [0.05, 0.1) is 6.04 Å². The molecule has 2 N–H and O–H groups in total. The molecule has 14 heavy (non-hydrogen) atoms. The van der Waals surface area contributed by atoms with E-state index in [9.17, 15) is 4.79 Å². The summed E-state index contributed by atoms with van der Waals surface area (Å²) < 4.78 is 0. The zero-order valence-corrected chi connectivity index (χ0v) is 8.69. The number of nitrogens with zero attached hydrogens (tertiary/aromatic N) is 2. The van der Waals surface area contributed by atoms with Crippen molar-refractivity contribution in [1.29, 1.82) is 0 Å². The molecular formula is C10H15N3O. The molecule has 0 aromatic carbocycles. The first-order valence-electron chi connectivity index (χ1n) is 4.45. The second kappa shape index (κ2) is 4.19. The van der Waals surface area contributed by atoms with Crippen LogP contribution < -0.4 is 10.6 Å². The summed E-state index contributed by atoms with van der Waals surface area (Å²) in [4.78, 5) is 17.5. The molecule has 0 aliphatic carbocycles. The van der Waals surface area contributed by atoms with E-state index in [0.717, 1.165) is 5.82 Å². The van der Waals surface area contributed by atoms with Gasteiger partial charge >= 0.3 is 0 Å². The van der Waals surface area contributed by atoms with Crippen molar-refractivity contribution in [2.24, 2.45) is 5.73 Å². The molecule has 1 aromatic rings. The number of carbonyl (C=O) groups excluding carboxylic acids is 1. The van der Waals surface area contributed by atoms with Gasteiger partial charge in [0.1, 0.15) is 5.82 Å². The van der Waals surface area contributed by atoms with Crippen LogP contribution in [0.2, 0.25) is 0 Å². The zero-order valence-electron chi connectivity index (χ0n) is 8.69. The highest BCUT2D eigenvalue weighted by molar-refractivity contribution is 5.99. The third-order valence-corrected chi connectivity index (χ3v) is 1.90. The lowest BCUT2D eigenvalue weighted by Crippen LogP contribution is -2.26. The topological polar surface area (TPSA) is 59.2 Å². The molecule has 0 amide bonds. The van der Waals surface area contributed by atoms with E-state index in [1.807, 2.05) is 19.0 Å². The van der Waals surface area contributed by atoms with Gasteiger partial charge in [0, 0.05) is 25.9 Å².